The molecule has 2 N–H and O–H groups in total. The lowest BCUT2D eigenvalue weighted by Gasteiger charge is -2.44. The van der Waals surface area contributed by atoms with Crippen molar-refractivity contribution in [3.8, 4) is 5.75 Å². The lowest BCUT2D eigenvalue weighted by Crippen LogP contribution is -2.58. The van der Waals surface area contributed by atoms with Crippen LogP contribution in [0.25, 0.3) is 0 Å². The van der Waals surface area contributed by atoms with E-state index < -0.39 is 0 Å². The summed E-state index contributed by atoms with van der Waals surface area (Å²) in [4.78, 5) is 43.7. The summed E-state index contributed by atoms with van der Waals surface area (Å²) in [6, 6.07) is 11.0. The number of fused-ring (bicyclic) bond motifs is 1. The van der Waals surface area contributed by atoms with E-state index in [-0.39, 0.29) is 35.6 Å². The van der Waals surface area contributed by atoms with Crippen molar-refractivity contribution >= 4 is 55.4 Å². The first kappa shape index (κ1) is 23.2. The van der Waals surface area contributed by atoms with E-state index in [2.05, 4.69) is 37.2 Å². The fourth-order valence-electron chi connectivity index (χ4n) is 4.85. The van der Waals surface area contributed by atoms with Crippen molar-refractivity contribution in [1.29, 1.82) is 0 Å². The molecule has 4 amide bonds. The SMILES string of the molecule is O=C(c1cc(Br)c(O)c(Br)c1)N1CC(C(=O)N2CCC(N3Cc4ccccc4NC3=O)CC2)C1. The number of likely N-dealkylation sites (tertiary alicyclic amines) is 2. The van der Waals surface area contributed by atoms with Crippen molar-refractivity contribution in [2.45, 2.75) is 25.4 Å². The van der Waals surface area contributed by atoms with Crippen LogP contribution in [0.5, 0.6) is 5.75 Å². The van der Waals surface area contributed by atoms with Crippen LogP contribution in [0.3, 0.4) is 0 Å². The Kier molecular flexibility index (Phi) is 6.28. The zero-order chi connectivity index (χ0) is 24.0. The van der Waals surface area contributed by atoms with E-state index in [0.717, 1.165) is 24.1 Å². The predicted molar refractivity (Wildman–Crippen MR) is 134 cm³/mol. The molecule has 5 rings (SSSR count). The summed E-state index contributed by atoms with van der Waals surface area (Å²) in [7, 11) is 0. The molecule has 2 saturated heterocycles. The molecular weight excluding hydrogens is 568 g/mol. The van der Waals surface area contributed by atoms with Crippen molar-refractivity contribution in [2.75, 3.05) is 31.5 Å². The number of rotatable bonds is 3. The highest BCUT2D eigenvalue weighted by Gasteiger charge is 2.40. The minimum Gasteiger partial charge on any atom is -0.506 e. The number of halogens is 2. The number of hydrogen-bond acceptors (Lipinski definition) is 4. The fourth-order valence-corrected chi connectivity index (χ4v) is 6.03. The number of phenolic OH excluding ortho intramolecular Hbond substituents is 1. The maximum atomic E-state index is 13.0. The number of piperidine rings is 1. The van der Waals surface area contributed by atoms with Gasteiger partial charge in [-0.1, -0.05) is 18.2 Å². The van der Waals surface area contributed by atoms with Crippen molar-refractivity contribution in [1.82, 2.24) is 14.7 Å². The van der Waals surface area contributed by atoms with Gasteiger partial charge < -0.3 is 25.1 Å². The molecule has 2 fully saturated rings. The van der Waals surface area contributed by atoms with Crippen LogP contribution in [0.2, 0.25) is 0 Å². The van der Waals surface area contributed by atoms with Crippen LogP contribution in [0.4, 0.5) is 10.5 Å². The number of nitrogens with one attached hydrogen (secondary N) is 1. The molecule has 3 aliphatic rings. The van der Waals surface area contributed by atoms with Crippen LogP contribution in [0.1, 0.15) is 28.8 Å². The van der Waals surface area contributed by atoms with Gasteiger partial charge in [-0.15, -0.1) is 0 Å². The zero-order valence-corrected chi connectivity index (χ0v) is 21.5. The normalized spacial score (nSPS) is 18.9. The van der Waals surface area contributed by atoms with Crippen molar-refractivity contribution in [3.05, 3.63) is 56.5 Å². The molecule has 0 atom stereocenters. The average molecular weight is 592 g/mol. The first-order valence-corrected chi connectivity index (χ1v) is 12.8. The number of hydrogen-bond donors (Lipinski definition) is 2. The number of phenols is 1. The van der Waals surface area contributed by atoms with E-state index in [4.69, 9.17) is 0 Å². The minimum atomic E-state index is -0.199. The van der Waals surface area contributed by atoms with Crippen LogP contribution < -0.4 is 5.32 Å². The van der Waals surface area contributed by atoms with Gasteiger partial charge >= 0.3 is 6.03 Å². The van der Waals surface area contributed by atoms with E-state index in [1.807, 2.05) is 34.1 Å². The zero-order valence-electron chi connectivity index (χ0n) is 18.3. The number of para-hydroxylation sites is 1. The van der Waals surface area contributed by atoms with Crippen molar-refractivity contribution in [2.24, 2.45) is 5.92 Å². The molecule has 0 spiro atoms. The summed E-state index contributed by atoms with van der Waals surface area (Å²) in [5.41, 5.74) is 2.42. The molecule has 0 aliphatic carbocycles. The Hall–Kier alpha value is -2.59. The number of carbonyl (C=O) groups is 3. The highest BCUT2D eigenvalue weighted by Crippen LogP contribution is 2.34. The largest absolute Gasteiger partial charge is 0.506 e. The Morgan fingerprint density at radius 1 is 1.00 bits per heavy atom. The predicted octanol–water partition coefficient (Wildman–Crippen LogP) is 4.03. The maximum Gasteiger partial charge on any atom is 0.322 e. The molecule has 10 heteroatoms. The molecule has 34 heavy (non-hydrogen) atoms. The number of aromatic hydroxyl groups is 1. The number of benzene rings is 2. The van der Waals surface area contributed by atoms with Crippen LogP contribution in [0, 0.1) is 5.92 Å². The summed E-state index contributed by atoms with van der Waals surface area (Å²) in [6.45, 7) is 2.58. The van der Waals surface area contributed by atoms with Gasteiger partial charge in [0.05, 0.1) is 14.9 Å². The maximum absolute atomic E-state index is 13.0. The lowest BCUT2D eigenvalue weighted by atomic mass is 9.94. The number of nitrogens with zero attached hydrogens (tertiary/aromatic N) is 3. The van der Waals surface area contributed by atoms with Crippen LogP contribution in [-0.4, -0.2) is 69.9 Å². The van der Waals surface area contributed by atoms with Gasteiger partial charge in [-0.2, -0.15) is 0 Å². The van der Waals surface area contributed by atoms with Gasteiger partial charge in [0.25, 0.3) is 5.91 Å². The Balaban J connectivity index is 1.13. The molecule has 8 nitrogen and oxygen atoms in total. The molecule has 3 aliphatic heterocycles. The Bertz CT molecular complexity index is 1140. The van der Waals surface area contributed by atoms with E-state index in [1.54, 1.807) is 17.0 Å². The Labute approximate surface area is 214 Å². The molecule has 178 valence electrons. The van der Waals surface area contributed by atoms with E-state index in [9.17, 15) is 19.5 Å². The fraction of sp³-hybridized carbons (Fsp3) is 0.375. The highest BCUT2D eigenvalue weighted by molar-refractivity contribution is 9.11. The quantitative estimate of drug-likeness (QED) is 0.564. The first-order valence-electron chi connectivity index (χ1n) is 11.2. The van der Waals surface area contributed by atoms with Gasteiger partial charge in [-0.05, 0) is 68.5 Å². The topological polar surface area (TPSA) is 93.2 Å². The molecule has 0 bridgehead atoms. The third-order valence-corrected chi connectivity index (χ3v) is 8.07. The molecule has 3 heterocycles. The molecule has 0 unspecified atom stereocenters. The molecular formula is C24H24Br2N4O4. The summed E-state index contributed by atoms with van der Waals surface area (Å²) in [5.74, 6) is -0.248. The standard InChI is InChI=1S/C24H24Br2N4O4/c25-18-9-15(10-19(26)21(18)31)22(32)29-11-16(12-29)23(33)28-7-5-17(6-8-28)30-13-14-3-1-2-4-20(14)27-24(30)34/h1-4,9-10,16-17,31H,5-8,11-13H2,(H,27,34). The summed E-state index contributed by atoms with van der Waals surface area (Å²) >= 11 is 6.49. The third kappa shape index (κ3) is 4.29. The van der Waals surface area contributed by atoms with Gasteiger partial charge in [0.1, 0.15) is 5.75 Å². The second-order valence-corrected chi connectivity index (χ2v) is 10.7. The van der Waals surface area contributed by atoms with Crippen LogP contribution in [-0.2, 0) is 11.3 Å². The summed E-state index contributed by atoms with van der Waals surface area (Å²) < 4.78 is 0.874. The first-order chi connectivity index (χ1) is 16.3. The summed E-state index contributed by atoms with van der Waals surface area (Å²) in [5, 5.41) is 12.8. The van der Waals surface area contributed by atoms with E-state index in [1.165, 1.54) is 0 Å². The second-order valence-electron chi connectivity index (χ2n) is 8.97. The van der Waals surface area contributed by atoms with Gasteiger partial charge in [-0.3, -0.25) is 9.59 Å². The number of amides is 4. The molecule has 0 saturated carbocycles. The van der Waals surface area contributed by atoms with Crippen molar-refractivity contribution < 1.29 is 19.5 Å². The number of urea groups is 1. The van der Waals surface area contributed by atoms with Crippen LogP contribution in [0.15, 0.2) is 45.3 Å². The van der Waals surface area contributed by atoms with Gasteiger partial charge in [-0.25, -0.2) is 4.79 Å². The smallest absolute Gasteiger partial charge is 0.322 e. The van der Waals surface area contributed by atoms with Gasteiger partial charge in [0.2, 0.25) is 5.91 Å². The van der Waals surface area contributed by atoms with Crippen LogP contribution >= 0.6 is 31.9 Å². The Morgan fingerprint density at radius 2 is 1.65 bits per heavy atom. The van der Waals surface area contributed by atoms with E-state index >= 15 is 0 Å². The lowest BCUT2D eigenvalue weighted by molar-refractivity contribution is -0.141. The van der Waals surface area contributed by atoms with Gasteiger partial charge in [0, 0.05) is 50.0 Å². The molecule has 2 aromatic carbocycles. The summed E-state index contributed by atoms with van der Waals surface area (Å²) in [6.07, 6.45) is 1.48. The van der Waals surface area contributed by atoms with Gasteiger partial charge in [0.15, 0.2) is 0 Å². The molecule has 2 aromatic rings. The Morgan fingerprint density at radius 3 is 2.32 bits per heavy atom. The number of anilines is 1. The third-order valence-electron chi connectivity index (χ3n) is 6.86. The highest BCUT2D eigenvalue weighted by atomic mass is 79.9. The second kappa shape index (κ2) is 9.22. The monoisotopic (exact) mass is 590 g/mol. The minimum absolute atomic E-state index is 0.0443. The average Bonchev–Trinajstić information content (AvgIpc) is 2.80. The van der Waals surface area contributed by atoms with Crippen molar-refractivity contribution in [3.63, 3.8) is 0 Å². The van der Waals surface area contributed by atoms with E-state index in [0.29, 0.717) is 47.2 Å². The molecule has 0 aromatic heterocycles. The number of carbonyl (C=O) groups excluding carboxylic acids is 3. The molecule has 0 radical (unpaired) electrons.